The van der Waals surface area contributed by atoms with Gasteiger partial charge in [0.25, 0.3) is 0 Å². The normalized spacial score (nSPS) is 13.1. The molecule has 6 heteroatoms. The lowest BCUT2D eigenvalue weighted by molar-refractivity contribution is 0.160. The van der Waals surface area contributed by atoms with Gasteiger partial charge in [-0.15, -0.1) is 5.10 Å². The summed E-state index contributed by atoms with van der Waals surface area (Å²) in [5, 5.41) is 7.34. The minimum atomic E-state index is -0.128. The van der Waals surface area contributed by atoms with Crippen molar-refractivity contribution < 1.29 is 4.74 Å². The molecule has 6 nitrogen and oxygen atoms in total. The van der Waals surface area contributed by atoms with Crippen molar-refractivity contribution in [1.29, 1.82) is 0 Å². The van der Waals surface area contributed by atoms with Crippen molar-refractivity contribution in [3.05, 3.63) is 34.9 Å². The lowest BCUT2D eigenvalue weighted by Crippen LogP contribution is -2.38. The Bertz CT molecular complexity index is 546. The molecule has 0 amide bonds. The zero-order valence-electron chi connectivity index (χ0n) is 9.96. The molecule has 0 saturated heterocycles. The van der Waals surface area contributed by atoms with Crippen molar-refractivity contribution in [2.24, 2.45) is 0 Å². The number of nitrogens with zero attached hydrogens (tertiary/aromatic N) is 3. The second kappa shape index (κ2) is 5.11. The molecule has 2 rings (SSSR count). The Morgan fingerprint density at radius 3 is 3.00 bits per heavy atom. The van der Waals surface area contributed by atoms with Crippen molar-refractivity contribution in [1.82, 2.24) is 19.5 Å². The van der Waals surface area contributed by atoms with Gasteiger partial charge in [0.2, 0.25) is 0 Å². The number of ether oxygens (including phenoxy) is 1. The molecule has 0 aromatic carbocycles. The molecule has 1 atom stereocenters. The fraction of sp³-hybridized carbons (Fsp3) is 0.455. The maximum atomic E-state index is 12.0. The number of aromatic nitrogens is 3. The van der Waals surface area contributed by atoms with Crippen LogP contribution >= 0.6 is 0 Å². The van der Waals surface area contributed by atoms with E-state index in [4.69, 9.17) is 4.74 Å². The predicted octanol–water partition coefficient (Wildman–Crippen LogP) is -0.270. The first-order valence-electron chi connectivity index (χ1n) is 5.46. The quantitative estimate of drug-likeness (QED) is 0.776. The van der Waals surface area contributed by atoms with Crippen molar-refractivity contribution in [3.63, 3.8) is 0 Å². The second-order valence-corrected chi connectivity index (χ2v) is 3.83. The van der Waals surface area contributed by atoms with Gasteiger partial charge >= 0.3 is 5.69 Å². The first-order chi connectivity index (χ1) is 8.26. The molecular weight excluding hydrogens is 220 g/mol. The number of pyridine rings is 1. The molecule has 0 saturated carbocycles. The van der Waals surface area contributed by atoms with E-state index in [1.54, 1.807) is 13.3 Å². The van der Waals surface area contributed by atoms with Gasteiger partial charge < -0.3 is 10.1 Å². The van der Waals surface area contributed by atoms with Gasteiger partial charge in [-0.25, -0.2) is 9.48 Å². The number of rotatable bonds is 5. The highest BCUT2D eigenvalue weighted by molar-refractivity contribution is 5.35. The molecule has 2 heterocycles. The summed E-state index contributed by atoms with van der Waals surface area (Å²) >= 11 is 0. The molecule has 0 aliphatic rings. The summed E-state index contributed by atoms with van der Waals surface area (Å²) in [5.74, 6) is 0. The Balaban J connectivity index is 2.29. The Kier molecular flexibility index (Phi) is 3.55. The topological polar surface area (TPSA) is 60.6 Å². The number of hydrogen-bond acceptors (Lipinski definition) is 4. The van der Waals surface area contributed by atoms with E-state index in [-0.39, 0.29) is 11.7 Å². The molecule has 1 unspecified atom stereocenters. The Morgan fingerprint density at radius 1 is 1.53 bits per heavy atom. The zero-order valence-corrected chi connectivity index (χ0v) is 9.96. The molecule has 0 fully saturated rings. The molecule has 1 N–H and O–H groups in total. The number of likely N-dealkylation sites (N-methyl/N-ethyl adjacent to an activating group) is 1. The number of nitrogens with one attached hydrogen (secondary N) is 1. The molecule has 2 aromatic heterocycles. The van der Waals surface area contributed by atoms with E-state index in [0.717, 1.165) is 0 Å². The number of hydrogen-bond donors (Lipinski definition) is 1. The number of methoxy groups -OCH3 is 1. The lowest BCUT2D eigenvalue weighted by Gasteiger charge is -2.13. The predicted molar refractivity (Wildman–Crippen MR) is 64.2 cm³/mol. The maximum Gasteiger partial charge on any atom is 0.350 e. The molecule has 17 heavy (non-hydrogen) atoms. The van der Waals surface area contributed by atoms with E-state index in [0.29, 0.717) is 18.8 Å². The van der Waals surface area contributed by atoms with Gasteiger partial charge in [-0.2, -0.15) is 0 Å². The first kappa shape index (κ1) is 11.8. The third-order valence-corrected chi connectivity index (χ3v) is 2.66. The van der Waals surface area contributed by atoms with Crippen molar-refractivity contribution in [3.8, 4) is 0 Å². The van der Waals surface area contributed by atoms with E-state index in [1.165, 1.54) is 9.08 Å². The highest BCUT2D eigenvalue weighted by Crippen LogP contribution is 1.96. The molecule has 0 aliphatic carbocycles. The molecular formula is C11H16N4O2. The van der Waals surface area contributed by atoms with Gasteiger partial charge in [-0.05, 0) is 19.2 Å². The van der Waals surface area contributed by atoms with Crippen molar-refractivity contribution >= 4 is 5.65 Å². The standard InChI is InChI=1S/C11H16N4O2/c1-12-9(8-17-2)7-15-11(16)14-6-4-3-5-10(14)13-15/h3-6,9,12H,7-8H2,1-2H3. The molecule has 92 valence electrons. The molecule has 0 bridgehead atoms. The Labute approximate surface area is 98.8 Å². The van der Waals surface area contributed by atoms with Crippen molar-refractivity contribution in [2.45, 2.75) is 12.6 Å². The third-order valence-electron chi connectivity index (χ3n) is 2.66. The first-order valence-corrected chi connectivity index (χ1v) is 5.46. The van der Waals surface area contributed by atoms with Crippen molar-refractivity contribution in [2.75, 3.05) is 20.8 Å². The highest BCUT2D eigenvalue weighted by Gasteiger charge is 2.11. The van der Waals surface area contributed by atoms with Crippen LogP contribution in [0.3, 0.4) is 0 Å². The van der Waals surface area contributed by atoms with E-state index in [2.05, 4.69) is 10.4 Å². The van der Waals surface area contributed by atoms with Gasteiger partial charge in [0, 0.05) is 13.3 Å². The SMILES string of the molecule is CNC(COC)Cn1nc2ccccn2c1=O. The summed E-state index contributed by atoms with van der Waals surface area (Å²) in [6.45, 7) is 1.03. The van der Waals surface area contributed by atoms with Crippen LogP contribution in [0.25, 0.3) is 5.65 Å². The van der Waals surface area contributed by atoms with Crippen LogP contribution in [0.2, 0.25) is 0 Å². The van der Waals surface area contributed by atoms with Gasteiger partial charge in [0.15, 0.2) is 5.65 Å². The number of fused-ring (bicyclic) bond motifs is 1. The summed E-state index contributed by atoms with van der Waals surface area (Å²) in [7, 11) is 3.47. The lowest BCUT2D eigenvalue weighted by atomic mass is 10.3. The molecule has 0 aliphatic heterocycles. The van der Waals surface area contributed by atoms with Crippen LogP contribution in [0.4, 0.5) is 0 Å². The van der Waals surface area contributed by atoms with Crippen LogP contribution in [0.15, 0.2) is 29.2 Å². The zero-order chi connectivity index (χ0) is 12.3. The van der Waals surface area contributed by atoms with Crippen LogP contribution in [0.5, 0.6) is 0 Å². The third kappa shape index (κ3) is 2.37. The summed E-state index contributed by atoms with van der Waals surface area (Å²) < 4.78 is 8.05. The average Bonchev–Trinajstić information content (AvgIpc) is 2.66. The van der Waals surface area contributed by atoms with Gasteiger partial charge in [-0.3, -0.25) is 4.40 Å². The van der Waals surface area contributed by atoms with Crippen LogP contribution in [0.1, 0.15) is 0 Å². The fourth-order valence-corrected chi connectivity index (χ4v) is 1.72. The summed E-state index contributed by atoms with van der Waals surface area (Å²) in [6, 6.07) is 5.55. The van der Waals surface area contributed by atoms with E-state index in [1.807, 2.05) is 25.2 Å². The summed E-state index contributed by atoms with van der Waals surface area (Å²) in [5.41, 5.74) is 0.529. The molecule has 0 radical (unpaired) electrons. The van der Waals surface area contributed by atoms with Crippen LogP contribution in [-0.4, -0.2) is 41.0 Å². The fourth-order valence-electron chi connectivity index (χ4n) is 1.72. The van der Waals surface area contributed by atoms with Crippen LogP contribution < -0.4 is 11.0 Å². The minimum Gasteiger partial charge on any atom is -0.383 e. The largest absolute Gasteiger partial charge is 0.383 e. The summed E-state index contributed by atoms with van der Waals surface area (Å²) in [6.07, 6.45) is 1.71. The summed E-state index contributed by atoms with van der Waals surface area (Å²) in [4.78, 5) is 12.0. The van der Waals surface area contributed by atoms with E-state index < -0.39 is 0 Å². The smallest absolute Gasteiger partial charge is 0.350 e. The maximum absolute atomic E-state index is 12.0. The monoisotopic (exact) mass is 236 g/mol. The minimum absolute atomic E-state index is 0.0719. The van der Waals surface area contributed by atoms with Crippen LogP contribution in [-0.2, 0) is 11.3 Å². The highest BCUT2D eigenvalue weighted by atomic mass is 16.5. The van der Waals surface area contributed by atoms with Gasteiger partial charge in [0.05, 0.1) is 19.2 Å². The Hall–Kier alpha value is -1.66. The molecule has 2 aromatic rings. The van der Waals surface area contributed by atoms with E-state index >= 15 is 0 Å². The van der Waals surface area contributed by atoms with Crippen LogP contribution in [0, 0.1) is 0 Å². The van der Waals surface area contributed by atoms with E-state index in [9.17, 15) is 4.79 Å². The second-order valence-electron chi connectivity index (χ2n) is 3.83. The average molecular weight is 236 g/mol. The van der Waals surface area contributed by atoms with Gasteiger partial charge in [0.1, 0.15) is 0 Å². The van der Waals surface area contributed by atoms with Gasteiger partial charge in [-0.1, -0.05) is 6.07 Å². The Morgan fingerprint density at radius 2 is 2.35 bits per heavy atom. The molecule has 0 spiro atoms.